The molecule has 130 valence electrons. The number of benzene rings is 1. The van der Waals surface area contributed by atoms with E-state index in [1.807, 2.05) is 30.5 Å². The molecule has 0 unspecified atom stereocenters. The minimum atomic E-state index is -0.244. The standard InChI is InChI=1S/C18H21N5O2/c1-25-13-4-5-15-14(8-13)12(10-20-15)6-7-19-18(24)21-17-9-16(22-23-17)11-2-3-11/h4-5,8-11,20H,2-3,6-7H2,1H3,(H3,19,21,22,23,24). The van der Waals surface area contributed by atoms with Gasteiger partial charge < -0.3 is 15.0 Å². The monoisotopic (exact) mass is 339 g/mol. The second kappa shape index (κ2) is 6.51. The molecule has 1 fully saturated rings. The summed E-state index contributed by atoms with van der Waals surface area (Å²) in [6.45, 7) is 0.538. The molecule has 7 nitrogen and oxygen atoms in total. The van der Waals surface area contributed by atoms with E-state index in [0.29, 0.717) is 18.3 Å². The first-order chi connectivity index (χ1) is 12.2. The van der Waals surface area contributed by atoms with Crippen LogP contribution in [0.4, 0.5) is 10.6 Å². The number of carbonyl (C=O) groups is 1. The molecule has 0 atom stereocenters. The second-order valence-corrected chi connectivity index (χ2v) is 6.34. The van der Waals surface area contributed by atoms with E-state index in [9.17, 15) is 4.79 Å². The summed E-state index contributed by atoms with van der Waals surface area (Å²) in [6, 6.07) is 7.58. The van der Waals surface area contributed by atoms with Crippen LogP contribution in [0.15, 0.2) is 30.5 Å². The molecule has 4 rings (SSSR count). The van der Waals surface area contributed by atoms with Crippen LogP contribution in [0.5, 0.6) is 5.75 Å². The van der Waals surface area contributed by atoms with Crippen LogP contribution in [0.3, 0.4) is 0 Å². The smallest absolute Gasteiger partial charge is 0.320 e. The number of aromatic amines is 2. The third-order valence-corrected chi connectivity index (χ3v) is 4.51. The Bertz CT molecular complexity index is 894. The van der Waals surface area contributed by atoms with Crippen LogP contribution in [0.2, 0.25) is 0 Å². The van der Waals surface area contributed by atoms with E-state index in [4.69, 9.17) is 4.74 Å². The molecular formula is C18H21N5O2. The molecule has 25 heavy (non-hydrogen) atoms. The molecule has 1 aliphatic carbocycles. The number of urea groups is 1. The fourth-order valence-corrected chi connectivity index (χ4v) is 2.97. The van der Waals surface area contributed by atoms with E-state index in [1.54, 1.807) is 7.11 Å². The molecule has 0 spiro atoms. The van der Waals surface area contributed by atoms with Crippen LogP contribution in [0.25, 0.3) is 10.9 Å². The van der Waals surface area contributed by atoms with Crippen molar-refractivity contribution in [2.45, 2.75) is 25.2 Å². The number of ether oxygens (including phenoxy) is 1. The lowest BCUT2D eigenvalue weighted by molar-refractivity contribution is 0.252. The number of amides is 2. The number of anilines is 1. The number of fused-ring (bicyclic) bond motifs is 1. The third kappa shape index (κ3) is 3.45. The van der Waals surface area contributed by atoms with Crippen LogP contribution >= 0.6 is 0 Å². The molecule has 1 aromatic carbocycles. The van der Waals surface area contributed by atoms with Gasteiger partial charge in [0.25, 0.3) is 0 Å². The minimum Gasteiger partial charge on any atom is -0.497 e. The largest absolute Gasteiger partial charge is 0.497 e. The Morgan fingerprint density at radius 3 is 3.04 bits per heavy atom. The summed E-state index contributed by atoms with van der Waals surface area (Å²) in [5.74, 6) is 1.98. The van der Waals surface area contributed by atoms with Gasteiger partial charge in [-0.1, -0.05) is 0 Å². The molecule has 2 heterocycles. The van der Waals surface area contributed by atoms with Gasteiger partial charge in [-0.25, -0.2) is 4.79 Å². The number of rotatable bonds is 6. The van der Waals surface area contributed by atoms with E-state index in [-0.39, 0.29) is 6.03 Å². The zero-order valence-electron chi connectivity index (χ0n) is 14.1. The summed E-state index contributed by atoms with van der Waals surface area (Å²) < 4.78 is 5.28. The lowest BCUT2D eigenvalue weighted by Crippen LogP contribution is -2.30. The molecule has 0 saturated heterocycles. The highest BCUT2D eigenvalue weighted by Gasteiger charge is 2.25. The Morgan fingerprint density at radius 1 is 1.36 bits per heavy atom. The molecule has 0 aliphatic heterocycles. The predicted octanol–water partition coefficient (Wildman–Crippen LogP) is 3.14. The third-order valence-electron chi connectivity index (χ3n) is 4.51. The van der Waals surface area contributed by atoms with Crippen molar-refractivity contribution >= 4 is 22.8 Å². The van der Waals surface area contributed by atoms with Gasteiger partial charge in [0, 0.05) is 41.3 Å². The quantitative estimate of drug-likeness (QED) is 0.555. The lowest BCUT2D eigenvalue weighted by atomic mass is 10.1. The Morgan fingerprint density at radius 2 is 2.24 bits per heavy atom. The number of aromatic nitrogens is 3. The van der Waals surface area contributed by atoms with Crippen LogP contribution in [-0.2, 0) is 6.42 Å². The molecule has 2 amide bonds. The van der Waals surface area contributed by atoms with Gasteiger partial charge in [0.2, 0.25) is 0 Å². The highest BCUT2D eigenvalue weighted by atomic mass is 16.5. The maximum absolute atomic E-state index is 12.0. The van der Waals surface area contributed by atoms with Crippen LogP contribution < -0.4 is 15.4 Å². The SMILES string of the molecule is COc1ccc2[nH]cc(CCNC(=O)Nc3cc(C4CC4)[nH]n3)c2c1. The number of nitrogens with one attached hydrogen (secondary N) is 4. The molecule has 3 aromatic rings. The topological polar surface area (TPSA) is 94.8 Å². The van der Waals surface area contributed by atoms with Gasteiger partial charge in [0.05, 0.1) is 7.11 Å². The van der Waals surface area contributed by atoms with Crippen molar-refractivity contribution in [3.05, 3.63) is 41.7 Å². The first kappa shape index (κ1) is 15.6. The summed E-state index contributed by atoms with van der Waals surface area (Å²) in [7, 11) is 1.66. The normalized spacial score (nSPS) is 13.8. The number of H-pyrrole nitrogens is 2. The maximum atomic E-state index is 12.0. The average molecular weight is 339 g/mol. The van der Waals surface area contributed by atoms with Crippen molar-refractivity contribution in [3.8, 4) is 5.75 Å². The summed E-state index contributed by atoms with van der Waals surface area (Å²) in [5, 5.41) is 13.8. The van der Waals surface area contributed by atoms with Gasteiger partial charge in [0.1, 0.15) is 5.75 Å². The number of hydrogen-bond donors (Lipinski definition) is 4. The zero-order chi connectivity index (χ0) is 17.2. The van der Waals surface area contributed by atoms with Gasteiger partial charge in [-0.15, -0.1) is 0 Å². The van der Waals surface area contributed by atoms with Crippen molar-refractivity contribution in [1.29, 1.82) is 0 Å². The van der Waals surface area contributed by atoms with Crippen LogP contribution in [-0.4, -0.2) is 34.9 Å². The predicted molar refractivity (Wildman–Crippen MR) is 96.1 cm³/mol. The summed E-state index contributed by atoms with van der Waals surface area (Å²) >= 11 is 0. The van der Waals surface area contributed by atoms with E-state index >= 15 is 0 Å². The number of nitrogens with zero attached hydrogens (tertiary/aromatic N) is 1. The number of carbonyl (C=O) groups excluding carboxylic acids is 1. The van der Waals surface area contributed by atoms with Crippen LogP contribution in [0, 0.1) is 0 Å². The lowest BCUT2D eigenvalue weighted by Gasteiger charge is -2.05. The maximum Gasteiger partial charge on any atom is 0.320 e. The van der Waals surface area contributed by atoms with Gasteiger partial charge in [-0.3, -0.25) is 10.4 Å². The number of methoxy groups -OCH3 is 1. The Hall–Kier alpha value is -2.96. The van der Waals surface area contributed by atoms with E-state index in [1.165, 1.54) is 12.8 Å². The average Bonchev–Trinajstić information content (AvgIpc) is 3.24. The zero-order valence-corrected chi connectivity index (χ0v) is 14.1. The van der Waals surface area contributed by atoms with Gasteiger partial charge >= 0.3 is 6.03 Å². The van der Waals surface area contributed by atoms with Gasteiger partial charge in [0.15, 0.2) is 5.82 Å². The fraction of sp³-hybridized carbons (Fsp3) is 0.333. The second-order valence-electron chi connectivity index (χ2n) is 6.34. The summed E-state index contributed by atoms with van der Waals surface area (Å²) in [4.78, 5) is 15.2. The molecule has 2 aromatic heterocycles. The molecule has 1 saturated carbocycles. The van der Waals surface area contributed by atoms with Crippen molar-refractivity contribution < 1.29 is 9.53 Å². The molecule has 0 bridgehead atoms. The molecule has 4 N–H and O–H groups in total. The Labute approximate surface area is 145 Å². The minimum absolute atomic E-state index is 0.244. The highest BCUT2D eigenvalue weighted by Crippen LogP contribution is 2.39. The van der Waals surface area contributed by atoms with Gasteiger partial charge in [-0.2, -0.15) is 5.10 Å². The van der Waals surface area contributed by atoms with E-state index in [2.05, 4.69) is 25.8 Å². The van der Waals surface area contributed by atoms with E-state index in [0.717, 1.165) is 34.3 Å². The summed E-state index contributed by atoms with van der Waals surface area (Å²) in [5.41, 5.74) is 3.30. The van der Waals surface area contributed by atoms with E-state index < -0.39 is 0 Å². The van der Waals surface area contributed by atoms with Crippen molar-refractivity contribution in [2.24, 2.45) is 0 Å². The first-order valence-electron chi connectivity index (χ1n) is 8.47. The number of hydrogen-bond acceptors (Lipinski definition) is 3. The molecular weight excluding hydrogens is 318 g/mol. The Kier molecular flexibility index (Phi) is 4.05. The molecule has 7 heteroatoms. The summed E-state index contributed by atoms with van der Waals surface area (Å²) in [6.07, 6.45) is 5.10. The van der Waals surface area contributed by atoms with Gasteiger partial charge in [-0.05, 0) is 43.0 Å². The van der Waals surface area contributed by atoms with Crippen molar-refractivity contribution in [3.63, 3.8) is 0 Å². The molecule has 0 radical (unpaired) electrons. The first-order valence-corrected chi connectivity index (χ1v) is 8.47. The van der Waals surface area contributed by atoms with Crippen LogP contribution in [0.1, 0.15) is 30.0 Å². The molecule has 1 aliphatic rings. The Balaban J connectivity index is 1.31. The van der Waals surface area contributed by atoms with Crippen molar-refractivity contribution in [2.75, 3.05) is 19.0 Å². The highest BCUT2D eigenvalue weighted by molar-refractivity contribution is 5.88. The fourth-order valence-electron chi connectivity index (χ4n) is 2.97. The van der Waals surface area contributed by atoms with Crippen molar-refractivity contribution in [1.82, 2.24) is 20.5 Å².